The van der Waals surface area contributed by atoms with Crippen LogP contribution >= 0.6 is 0 Å². The van der Waals surface area contributed by atoms with Crippen LogP contribution in [0.4, 0.5) is 10.1 Å². The number of esters is 1. The third-order valence-electron chi connectivity index (χ3n) is 5.70. The number of ether oxygens (including phenoxy) is 1. The van der Waals surface area contributed by atoms with Gasteiger partial charge in [0.15, 0.2) is 0 Å². The molecule has 2 fully saturated rings. The molecule has 0 radical (unpaired) electrons. The van der Waals surface area contributed by atoms with E-state index in [-0.39, 0.29) is 42.6 Å². The van der Waals surface area contributed by atoms with Gasteiger partial charge in [0.05, 0.1) is 18.9 Å². The normalized spacial score (nSPS) is 20.8. The Morgan fingerprint density at radius 2 is 1.77 bits per heavy atom. The molecule has 0 spiro atoms. The third kappa shape index (κ3) is 4.77. The molecule has 1 N–H and O–H groups in total. The van der Waals surface area contributed by atoms with Crippen LogP contribution in [-0.4, -0.2) is 61.4 Å². The molecule has 2 heterocycles. The lowest BCUT2D eigenvalue weighted by molar-refractivity contribution is -0.149. The second-order valence-electron chi connectivity index (χ2n) is 7.73. The molecule has 2 aliphatic heterocycles. The first-order chi connectivity index (χ1) is 14.3. The molecule has 1 aromatic rings. The van der Waals surface area contributed by atoms with Crippen molar-refractivity contribution in [3.8, 4) is 0 Å². The Morgan fingerprint density at radius 1 is 1.13 bits per heavy atom. The van der Waals surface area contributed by atoms with E-state index < -0.39 is 17.8 Å². The highest BCUT2D eigenvalue weighted by Crippen LogP contribution is 2.25. The largest absolute Gasteiger partial charge is 0.469 e. The zero-order chi connectivity index (χ0) is 21.8. The highest BCUT2D eigenvalue weighted by molar-refractivity contribution is 6.01. The van der Waals surface area contributed by atoms with Crippen molar-refractivity contribution >= 4 is 29.4 Å². The number of hydrogen-bond donors (Lipinski definition) is 1. The molecule has 1 unspecified atom stereocenters. The molecule has 8 nitrogen and oxygen atoms in total. The predicted octanol–water partition coefficient (Wildman–Crippen LogP) is 1.09. The number of benzene rings is 1. The number of methoxy groups -OCH3 is 1. The van der Waals surface area contributed by atoms with E-state index in [0.29, 0.717) is 31.6 Å². The van der Waals surface area contributed by atoms with E-state index >= 15 is 0 Å². The van der Waals surface area contributed by atoms with E-state index in [0.717, 1.165) is 0 Å². The van der Waals surface area contributed by atoms with E-state index in [9.17, 15) is 23.6 Å². The van der Waals surface area contributed by atoms with Gasteiger partial charge in [-0.3, -0.25) is 19.2 Å². The average molecular weight is 419 g/mol. The number of anilines is 1. The van der Waals surface area contributed by atoms with Crippen LogP contribution in [0, 0.1) is 17.7 Å². The Bertz CT molecular complexity index is 820. The van der Waals surface area contributed by atoms with E-state index in [1.165, 1.54) is 36.3 Å². The van der Waals surface area contributed by atoms with Crippen LogP contribution in [0.1, 0.15) is 26.2 Å². The number of hydrogen-bond acceptors (Lipinski definition) is 5. The number of carbonyl (C=O) groups is 4. The van der Waals surface area contributed by atoms with Crippen LogP contribution in [0.3, 0.4) is 0 Å². The van der Waals surface area contributed by atoms with Gasteiger partial charge < -0.3 is 19.9 Å². The number of amides is 3. The number of carbonyl (C=O) groups excluding carboxylic acids is 4. The lowest BCUT2D eigenvalue weighted by atomic mass is 9.96. The van der Waals surface area contributed by atoms with Crippen LogP contribution in [0.25, 0.3) is 0 Å². The van der Waals surface area contributed by atoms with Crippen molar-refractivity contribution < 1.29 is 28.3 Å². The maximum Gasteiger partial charge on any atom is 0.308 e. The summed E-state index contributed by atoms with van der Waals surface area (Å²) in [4.78, 5) is 52.3. The summed E-state index contributed by atoms with van der Waals surface area (Å²) in [6.07, 6.45) is 1.10. The first-order valence-electron chi connectivity index (χ1n) is 10.0. The second-order valence-corrected chi connectivity index (χ2v) is 7.73. The summed E-state index contributed by atoms with van der Waals surface area (Å²) in [7, 11) is 1.35. The monoisotopic (exact) mass is 419 g/mol. The topological polar surface area (TPSA) is 96.0 Å². The molecular weight excluding hydrogens is 393 g/mol. The minimum absolute atomic E-state index is 0.0364. The fraction of sp³-hybridized carbons (Fsp3) is 0.524. The van der Waals surface area contributed by atoms with Crippen LogP contribution in [0.2, 0.25) is 0 Å². The SMILES string of the molecule is COC(=O)C1CCN(C(=O)[C@@H](C)NC(=O)C2CC(=O)N(c3ccc(F)cc3)C2)CC1. The van der Waals surface area contributed by atoms with Crippen LogP contribution in [0.5, 0.6) is 0 Å². The maximum absolute atomic E-state index is 13.1. The second kappa shape index (κ2) is 9.23. The molecule has 0 saturated carbocycles. The summed E-state index contributed by atoms with van der Waals surface area (Å²) in [5.41, 5.74) is 0.536. The lowest BCUT2D eigenvalue weighted by Crippen LogP contribution is -2.51. The van der Waals surface area contributed by atoms with Crippen molar-refractivity contribution in [1.82, 2.24) is 10.2 Å². The van der Waals surface area contributed by atoms with Gasteiger partial charge in [0.25, 0.3) is 0 Å². The summed E-state index contributed by atoms with van der Waals surface area (Å²) < 4.78 is 17.8. The van der Waals surface area contributed by atoms with Gasteiger partial charge in [-0.25, -0.2) is 4.39 Å². The first kappa shape index (κ1) is 21.7. The van der Waals surface area contributed by atoms with Crippen molar-refractivity contribution in [3.05, 3.63) is 30.1 Å². The van der Waals surface area contributed by atoms with Gasteiger partial charge in [-0.15, -0.1) is 0 Å². The zero-order valence-corrected chi connectivity index (χ0v) is 17.1. The maximum atomic E-state index is 13.1. The Morgan fingerprint density at radius 3 is 2.37 bits per heavy atom. The van der Waals surface area contributed by atoms with Crippen LogP contribution < -0.4 is 10.2 Å². The van der Waals surface area contributed by atoms with Gasteiger partial charge in [0.2, 0.25) is 17.7 Å². The van der Waals surface area contributed by atoms with Gasteiger partial charge in [0, 0.05) is 31.7 Å². The van der Waals surface area contributed by atoms with Gasteiger partial charge in [-0.1, -0.05) is 0 Å². The van der Waals surface area contributed by atoms with Gasteiger partial charge in [0.1, 0.15) is 11.9 Å². The van der Waals surface area contributed by atoms with E-state index in [1.807, 2.05) is 0 Å². The van der Waals surface area contributed by atoms with Crippen molar-refractivity contribution in [2.24, 2.45) is 11.8 Å². The van der Waals surface area contributed by atoms with Crippen molar-refractivity contribution in [2.75, 3.05) is 31.6 Å². The van der Waals surface area contributed by atoms with E-state index in [4.69, 9.17) is 4.74 Å². The number of likely N-dealkylation sites (tertiary alicyclic amines) is 1. The molecular formula is C21H26FN3O5. The van der Waals surface area contributed by atoms with Crippen molar-refractivity contribution in [1.29, 1.82) is 0 Å². The van der Waals surface area contributed by atoms with Crippen LogP contribution in [0.15, 0.2) is 24.3 Å². The first-order valence-corrected chi connectivity index (χ1v) is 10.0. The molecule has 3 amide bonds. The molecule has 2 atom stereocenters. The number of halogens is 1. The average Bonchev–Trinajstić information content (AvgIpc) is 3.15. The molecule has 3 rings (SSSR count). The van der Waals surface area contributed by atoms with Gasteiger partial charge in [-0.2, -0.15) is 0 Å². The molecule has 0 bridgehead atoms. The molecule has 30 heavy (non-hydrogen) atoms. The van der Waals surface area contributed by atoms with Crippen LogP contribution in [-0.2, 0) is 23.9 Å². The third-order valence-corrected chi connectivity index (χ3v) is 5.70. The number of nitrogens with one attached hydrogen (secondary N) is 1. The molecule has 9 heteroatoms. The number of nitrogens with zero attached hydrogens (tertiary/aromatic N) is 2. The van der Waals surface area contributed by atoms with Gasteiger partial charge >= 0.3 is 5.97 Å². The Hall–Kier alpha value is -2.97. The van der Waals surface area contributed by atoms with E-state index in [2.05, 4.69) is 5.32 Å². The Balaban J connectivity index is 1.52. The predicted molar refractivity (Wildman–Crippen MR) is 106 cm³/mol. The van der Waals surface area contributed by atoms with Crippen molar-refractivity contribution in [2.45, 2.75) is 32.2 Å². The molecule has 2 saturated heterocycles. The minimum Gasteiger partial charge on any atom is -0.469 e. The zero-order valence-electron chi connectivity index (χ0n) is 17.1. The fourth-order valence-corrected chi connectivity index (χ4v) is 3.92. The lowest BCUT2D eigenvalue weighted by Gasteiger charge is -2.32. The smallest absolute Gasteiger partial charge is 0.308 e. The molecule has 2 aliphatic rings. The summed E-state index contributed by atoms with van der Waals surface area (Å²) in [5.74, 6) is -2.24. The summed E-state index contributed by atoms with van der Waals surface area (Å²) in [6, 6.07) is 4.79. The highest BCUT2D eigenvalue weighted by Gasteiger charge is 2.37. The molecule has 0 aromatic heterocycles. The standard InChI is InChI=1S/C21H26FN3O5/c1-13(20(28)24-9-7-14(8-10-24)21(29)30-2)23-19(27)15-11-18(26)25(12-15)17-5-3-16(22)4-6-17/h3-6,13-15H,7-12H2,1-2H3,(H,23,27)/t13-,15?/m1/s1. The highest BCUT2D eigenvalue weighted by atomic mass is 19.1. The van der Waals surface area contributed by atoms with Gasteiger partial charge in [-0.05, 0) is 44.0 Å². The summed E-state index contributed by atoms with van der Waals surface area (Å²) >= 11 is 0. The Labute approximate surface area is 174 Å². The quantitative estimate of drug-likeness (QED) is 0.721. The summed E-state index contributed by atoms with van der Waals surface area (Å²) in [5, 5.41) is 2.71. The fourth-order valence-electron chi connectivity index (χ4n) is 3.92. The molecule has 0 aliphatic carbocycles. The minimum atomic E-state index is -0.734. The molecule has 1 aromatic carbocycles. The number of piperidine rings is 1. The van der Waals surface area contributed by atoms with Crippen molar-refractivity contribution in [3.63, 3.8) is 0 Å². The van der Waals surface area contributed by atoms with E-state index in [1.54, 1.807) is 11.8 Å². The Kier molecular flexibility index (Phi) is 6.69. The number of rotatable bonds is 5. The summed E-state index contributed by atoms with van der Waals surface area (Å²) in [6.45, 7) is 2.65. The molecule has 162 valence electrons.